The summed E-state index contributed by atoms with van der Waals surface area (Å²) < 4.78 is 27.2. The van der Waals surface area contributed by atoms with Crippen LogP contribution >= 0.6 is 0 Å². The van der Waals surface area contributed by atoms with Gasteiger partial charge >= 0.3 is 0 Å². The molecule has 0 N–H and O–H groups in total. The zero-order valence-electron chi connectivity index (χ0n) is 11.8. The van der Waals surface area contributed by atoms with E-state index in [-0.39, 0.29) is 6.04 Å². The van der Waals surface area contributed by atoms with Crippen LogP contribution < -0.4 is 0 Å². The van der Waals surface area contributed by atoms with Crippen molar-refractivity contribution in [2.24, 2.45) is 0 Å². The summed E-state index contributed by atoms with van der Waals surface area (Å²) >= 11 is 0. The van der Waals surface area contributed by atoms with Gasteiger partial charge in [0.2, 0.25) is 10.0 Å². The Balaban J connectivity index is 2.32. The average Bonchev–Trinajstić information content (AvgIpc) is 2.77. The second-order valence-corrected chi connectivity index (χ2v) is 7.30. The molecule has 1 unspecified atom stereocenters. The predicted octanol–water partition coefficient (Wildman–Crippen LogP) is 1.71. The molecule has 0 spiro atoms. The van der Waals surface area contributed by atoms with E-state index < -0.39 is 10.0 Å². The minimum absolute atomic E-state index is 0.0969. The first-order valence-electron chi connectivity index (χ1n) is 6.65. The standard InChI is InChI=1S/C14H22N2O2S/c1-12-7-4-5-9-14(12)19(17,18)16-10-6-8-13(16)11-15(2)3/h4-5,7,9,13H,6,8,10-11H2,1-3H3. The maximum absolute atomic E-state index is 12.8. The van der Waals surface area contributed by atoms with Gasteiger partial charge in [0.15, 0.2) is 0 Å². The molecular formula is C14H22N2O2S. The van der Waals surface area contributed by atoms with E-state index >= 15 is 0 Å². The number of rotatable bonds is 4. The van der Waals surface area contributed by atoms with Gasteiger partial charge in [-0.15, -0.1) is 0 Å². The van der Waals surface area contributed by atoms with E-state index in [0.717, 1.165) is 24.9 Å². The van der Waals surface area contributed by atoms with Gasteiger partial charge in [0.05, 0.1) is 4.90 Å². The topological polar surface area (TPSA) is 40.6 Å². The molecule has 4 nitrogen and oxygen atoms in total. The zero-order chi connectivity index (χ0) is 14.0. The SMILES string of the molecule is Cc1ccccc1S(=O)(=O)N1CCCC1CN(C)C. The number of aryl methyl sites for hydroxylation is 1. The molecule has 106 valence electrons. The van der Waals surface area contributed by atoms with Crippen molar-refractivity contribution in [3.63, 3.8) is 0 Å². The lowest BCUT2D eigenvalue weighted by Crippen LogP contribution is -2.41. The maximum atomic E-state index is 12.8. The Hall–Kier alpha value is -0.910. The highest BCUT2D eigenvalue weighted by Gasteiger charge is 2.35. The molecule has 1 atom stereocenters. The average molecular weight is 282 g/mol. The summed E-state index contributed by atoms with van der Waals surface area (Å²) in [7, 11) is 0.609. The van der Waals surface area contributed by atoms with Gasteiger partial charge in [-0.1, -0.05) is 18.2 Å². The van der Waals surface area contributed by atoms with Crippen molar-refractivity contribution in [2.45, 2.75) is 30.7 Å². The van der Waals surface area contributed by atoms with Crippen LogP contribution in [0.3, 0.4) is 0 Å². The molecule has 0 amide bonds. The van der Waals surface area contributed by atoms with E-state index in [4.69, 9.17) is 0 Å². The van der Waals surface area contributed by atoms with Crippen LogP contribution in [0.1, 0.15) is 18.4 Å². The Labute approximate surface area is 116 Å². The van der Waals surface area contributed by atoms with E-state index in [9.17, 15) is 8.42 Å². The van der Waals surface area contributed by atoms with Crippen molar-refractivity contribution >= 4 is 10.0 Å². The molecule has 5 heteroatoms. The number of benzene rings is 1. The van der Waals surface area contributed by atoms with Gasteiger partial charge in [-0.05, 0) is 45.5 Å². The van der Waals surface area contributed by atoms with Crippen LogP contribution in [0, 0.1) is 6.92 Å². The number of hydrogen-bond donors (Lipinski definition) is 0. The molecule has 0 saturated carbocycles. The summed E-state index contributed by atoms with van der Waals surface area (Å²) in [5.41, 5.74) is 0.818. The Morgan fingerprint density at radius 3 is 2.63 bits per heavy atom. The lowest BCUT2D eigenvalue weighted by atomic mass is 10.2. The Morgan fingerprint density at radius 1 is 1.32 bits per heavy atom. The van der Waals surface area contributed by atoms with Gasteiger partial charge in [-0.2, -0.15) is 4.31 Å². The summed E-state index contributed by atoms with van der Waals surface area (Å²) in [6, 6.07) is 7.31. The number of nitrogens with zero attached hydrogens (tertiary/aromatic N) is 2. The summed E-state index contributed by atoms with van der Waals surface area (Å²) in [4.78, 5) is 2.50. The van der Waals surface area contributed by atoms with E-state index in [1.807, 2.05) is 33.2 Å². The fourth-order valence-electron chi connectivity index (χ4n) is 2.70. The van der Waals surface area contributed by atoms with Crippen LogP contribution in [0.4, 0.5) is 0 Å². The summed E-state index contributed by atoms with van der Waals surface area (Å²) in [6.07, 6.45) is 1.90. The maximum Gasteiger partial charge on any atom is 0.243 e. The molecule has 0 aromatic heterocycles. The van der Waals surface area contributed by atoms with Crippen molar-refractivity contribution < 1.29 is 8.42 Å². The Bertz CT molecular complexity index is 540. The van der Waals surface area contributed by atoms with E-state index in [1.165, 1.54) is 0 Å². The van der Waals surface area contributed by atoms with Crippen molar-refractivity contribution in [3.05, 3.63) is 29.8 Å². The third-order valence-electron chi connectivity index (χ3n) is 3.58. The third kappa shape index (κ3) is 2.99. The van der Waals surface area contributed by atoms with Crippen LogP contribution in [0.25, 0.3) is 0 Å². The van der Waals surface area contributed by atoms with Crippen LogP contribution in [-0.2, 0) is 10.0 Å². The Kier molecular flexibility index (Phi) is 4.28. The predicted molar refractivity (Wildman–Crippen MR) is 76.6 cm³/mol. The molecular weight excluding hydrogens is 260 g/mol. The highest BCUT2D eigenvalue weighted by Crippen LogP contribution is 2.27. The molecule has 1 aliphatic heterocycles. The highest BCUT2D eigenvalue weighted by atomic mass is 32.2. The largest absolute Gasteiger partial charge is 0.308 e. The van der Waals surface area contributed by atoms with Crippen molar-refractivity contribution in [1.29, 1.82) is 0 Å². The van der Waals surface area contributed by atoms with Crippen LogP contribution in [0.5, 0.6) is 0 Å². The zero-order valence-corrected chi connectivity index (χ0v) is 12.7. The lowest BCUT2D eigenvalue weighted by Gasteiger charge is -2.27. The number of likely N-dealkylation sites (N-methyl/N-ethyl adjacent to an activating group) is 1. The quantitative estimate of drug-likeness (QED) is 0.844. The first-order valence-corrected chi connectivity index (χ1v) is 8.09. The molecule has 2 rings (SSSR count). The minimum Gasteiger partial charge on any atom is -0.308 e. The summed E-state index contributed by atoms with van der Waals surface area (Å²) in [5, 5.41) is 0. The first-order chi connectivity index (χ1) is 8.93. The number of sulfonamides is 1. The Morgan fingerprint density at radius 2 is 2.00 bits per heavy atom. The van der Waals surface area contributed by atoms with Crippen molar-refractivity contribution in [3.8, 4) is 0 Å². The molecule has 1 aromatic rings. The highest BCUT2D eigenvalue weighted by molar-refractivity contribution is 7.89. The monoisotopic (exact) mass is 282 g/mol. The van der Waals surface area contributed by atoms with E-state index in [0.29, 0.717) is 11.4 Å². The molecule has 19 heavy (non-hydrogen) atoms. The van der Waals surface area contributed by atoms with Crippen LogP contribution in [0.15, 0.2) is 29.2 Å². The van der Waals surface area contributed by atoms with Gasteiger partial charge in [-0.3, -0.25) is 0 Å². The van der Waals surface area contributed by atoms with Crippen molar-refractivity contribution in [1.82, 2.24) is 9.21 Å². The first kappa shape index (κ1) is 14.5. The molecule has 1 fully saturated rings. The summed E-state index contributed by atoms with van der Waals surface area (Å²) in [6.45, 7) is 3.27. The molecule has 1 saturated heterocycles. The van der Waals surface area contributed by atoms with Crippen LogP contribution in [-0.4, -0.2) is 50.8 Å². The van der Waals surface area contributed by atoms with E-state index in [2.05, 4.69) is 4.90 Å². The fraction of sp³-hybridized carbons (Fsp3) is 0.571. The molecule has 1 heterocycles. The minimum atomic E-state index is -3.36. The molecule has 1 aromatic carbocycles. The summed E-state index contributed by atoms with van der Waals surface area (Å²) in [5.74, 6) is 0. The lowest BCUT2D eigenvalue weighted by molar-refractivity contribution is 0.291. The molecule has 0 bridgehead atoms. The smallest absolute Gasteiger partial charge is 0.243 e. The molecule has 0 aliphatic carbocycles. The number of hydrogen-bond acceptors (Lipinski definition) is 3. The van der Waals surface area contributed by atoms with E-state index in [1.54, 1.807) is 16.4 Å². The molecule has 1 aliphatic rings. The molecule has 0 radical (unpaired) electrons. The van der Waals surface area contributed by atoms with Gasteiger partial charge in [0, 0.05) is 19.1 Å². The van der Waals surface area contributed by atoms with Gasteiger partial charge in [0.25, 0.3) is 0 Å². The van der Waals surface area contributed by atoms with Crippen LogP contribution in [0.2, 0.25) is 0 Å². The fourth-order valence-corrected chi connectivity index (χ4v) is 4.61. The van der Waals surface area contributed by atoms with Crippen molar-refractivity contribution in [2.75, 3.05) is 27.2 Å². The van der Waals surface area contributed by atoms with Gasteiger partial charge in [0.1, 0.15) is 0 Å². The van der Waals surface area contributed by atoms with Gasteiger partial charge < -0.3 is 4.90 Å². The van der Waals surface area contributed by atoms with Gasteiger partial charge in [-0.25, -0.2) is 8.42 Å². The second-order valence-electron chi connectivity index (χ2n) is 5.44. The third-order valence-corrected chi connectivity index (χ3v) is 5.69. The normalized spacial score (nSPS) is 21.2. The second kappa shape index (κ2) is 5.61.